The Morgan fingerprint density at radius 1 is 1.43 bits per heavy atom. The molecule has 112 valence electrons. The van der Waals surface area contributed by atoms with Crippen molar-refractivity contribution >= 4 is 5.97 Å². The number of esters is 1. The van der Waals surface area contributed by atoms with Gasteiger partial charge in [-0.05, 0) is 31.4 Å². The maximum absolute atomic E-state index is 12.0. The third-order valence-corrected chi connectivity index (χ3v) is 3.06. The summed E-state index contributed by atoms with van der Waals surface area (Å²) in [6, 6.07) is 3.71. The summed E-state index contributed by atoms with van der Waals surface area (Å²) in [7, 11) is 0. The van der Waals surface area contributed by atoms with Gasteiger partial charge in [0.25, 0.3) is 0 Å². The lowest BCUT2D eigenvalue weighted by Crippen LogP contribution is -2.09. The molecule has 0 aliphatic rings. The van der Waals surface area contributed by atoms with Crippen LogP contribution in [0, 0.1) is 5.92 Å². The zero-order valence-corrected chi connectivity index (χ0v) is 12.6. The van der Waals surface area contributed by atoms with Gasteiger partial charge in [-0.3, -0.25) is 4.98 Å². The molecule has 0 atom stereocenters. The van der Waals surface area contributed by atoms with Crippen LogP contribution < -0.4 is 0 Å². The van der Waals surface area contributed by atoms with Crippen molar-refractivity contribution in [1.82, 2.24) is 20.0 Å². The molecule has 2 aromatic heterocycles. The number of hydrogen-bond donors (Lipinski definition) is 0. The van der Waals surface area contributed by atoms with Gasteiger partial charge in [-0.25, -0.2) is 9.48 Å². The average molecular weight is 288 g/mol. The second-order valence-electron chi connectivity index (χ2n) is 5.15. The standard InChI is InChI=1S/C15H20N4O2/c1-4-21-15(20)13-14(12-6-5-8-16-10-12)19(18-17-13)9-7-11(2)3/h5-6,8,10-11H,4,7,9H2,1-3H3. The van der Waals surface area contributed by atoms with Crippen LogP contribution in [0.15, 0.2) is 24.5 Å². The SMILES string of the molecule is CCOC(=O)c1nnn(CCC(C)C)c1-c1cccnc1. The Morgan fingerprint density at radius 3 is 2.86 bits per heavy atom. The summed E-state index contributed by atoms with van der Waals surface area (Å²) in [6.07, 6.45) is 4.35. The molecule has 0 amide bonds. The van der Waals surface area contributed by atoms with Crippen LogP contribution in [0.25, 0.3) is 11.3 Å². The lowest BCUT2D eigenvalue weighted by molar-refractivity contribution is 0.0520. The molecular formula is C15H20N4O2. The topological polar surface area (TPSA) is 69.9 Å². The van der Waals surface area contributed by atoms with Gasteiger partial charge in [0.15, 0.2) is 5.69 Å². The Bertz CT molecular complexity index is 593. The first-order valence-electron chi connectivity index (χ1n) is 7.14. The quantitative estimate of drug-likeness (QED) is 0.764. The lowest BCUT2D eigenvalue weighted by Gasteiger charge is -2.09. The molecule has 0 saturated carbocycles. The molecule has 6 heteroatoms. The predicted molar refractivity (Wildman–Crippen MR) is 78.7 cm³/mol. The smallest absolute Gasteiger partial charge is 0.361 e. The highest BCUT2D eigenvalue weighted by atomic mass is 16.5. The first kappa shape index (κ1) is 15.2. The molecule has 0 saturated heterocycles. The Balaban J connectivity index is 2.40. The summed E-state index contributed by atoms with van der Waals surface area (Å²) in [5.41, 5.74) is 1.73. The predicted octanol–water partition coefficient (Wildman–Crippen LogP) is 2.56. The first-order valence-corrected chi connectivity index (χ1v) is 7.14. The number of pyridine rings is 1. The van der Waals surface area contributed by atoms with Crippen molar-refractivity contribution in [3.05, 3.63) is 30.2 Å². The van der Waals surface area contributed by atoms with E-state index < -0.39 is 5.97 Å². The molecule has 6 nitrogen and oxygen atoms in total. The van der Waals surface area contributed by atoms with E-state index in [9.17, 15) is 4.79 Å². The molecule has 0 aliphatic heterocycles. The number of ether oxygens (including phenoxy) is 1. The summed E-state index contributed by atoms with van der Waals surface area (Å²) in [6.45, 7) is 7.07. The van der Waals surface area contributed by atoms with E-state index in [1.165, 1.54) is 0 Å². The molecular weight excluding hydrogens is 268 g/mol. The fraction of sp³-hybridized carbons (Fsp3) is 0.467. The van der Waals surface area contributed by atoms with Gasteiger partial charge in [0.05, 0.1) is 6.61 Å². The molecule has 0 aliphatic carbocycles. The van der Waals surface area contributed by atoms with E-state index in [1.807, 2.05) is 12.1 Å². The number of carbonyl (C=O) groups is 1. The minimum atomic E-state index is -0.452. The van der Waals surface area contributed by atoms with E-state index in [0.29, 0.717) is 24.8 Å². The van der Waals surface area contributed by atoms with Crippen LogP contribution in [0.1, 0.15) is 37.7 Å². The van der Waals surface area contributed by atoms with Gasteiger partial charge in [-0.2, -0.15) is 0 Å². The first-order chi connectivity index (χ1) is 10.1. The molecule has 0 aromatic carbocycles. The van der Waals surface area contributed by atoms with Crippen LogP contribution in [-0.4, -0.2) is 32.6 Å². The fourth-order valence-electron chi connectivity index (χ4n) is 1.98. The number of carbonyl (C=O) groups excluding carboxylic acids is 1. The van der Waals surface area contributed by atoms with Crippen LogP contribution in [0.5, 0.6) is 0 Å². The number of nitrogens with zero attached hydrogens (tertiary/aromatic N) is 4. The van der Waals surface area contributed by atoms with Crippen molar-refractivity contribution in [2.45, 2.75) is 33.7 Å². The second-order valence-corrected chi connectivity index (χ2v) is 5.15. The maximum Gasteiger partial charge on any atom is 0.361 e. The molecule has 21 heavy (non-hydrogen) atoms. The van der Waals surface area contributed by atoms with Crippen LogP contribution in [0.2, 0.25) is 0 Å². The highest BCUT2D eigenvalue weighted by molar-refractivity contribution is 5.93. The zero-order chi connectivity index (χ0) is 15.2. The Hall–Kier alpha value is -2.24. The van der Waals surface area contributed by atoms with E-state index in [1.54, 1.807) is 24.0 Å². The largest absolute Gasteiger partial charge is 0.461 e. The van der Waals surface area contributed by atoms with E-state index in [2.05, 4.69) is 29.1 Å². The highest BCUT2D eigenvalue weighted by Gasteiger charge is 2.22. The lowest BCUT2D eigenvalue weighted by atomic mass is 10.1. The Morgan fingerprint density at radius 2 is 2.24 bits per heavy atom. The molecule has 2 rings (SSSR count). The number of aryl methyl sites for hydroxylation is 1. The van der Waals surface area contributed by atoms with Crippen molar-refractivity contribution in [3.8, 4) is 11.3 Å². The summed E-state index contributed by atoms with van der Waals surface area (Å²) in [5, 5.41) is 8.11. The summed E-state index contributed by atoms with van der Waals surface area (Å²) < 4.78 is 6.81. The molecule has 0 bridgehead atoms. The van der Waals surface area contributed by atoms with Crippen molar-refractivity contribution in [2.75, 3.05) is 6.61 Å². The van der Waals surface area contributed by atoms with Gasteiger partial charge in [-0.1, -0.05) is 19.1 Å². The molecule has 2 heterocycles. The Kier molecular flexibility index (Phi) is 5.03. The van der Waals surface area contributed by atoms with E-state index in [4.69, 9.17) is 4.74 Å². The molecule has 2 aromatic rings. The van der Waals surface area contributed by atoms with Crippen LogP contribution >= 0.6 is 0 Å². The van der Waals surface area contributed by atoms with E-state index in [-0.39, 0.29) is 5.69 Å². The summed E-state index contributed by atoms with van der Waals surface area (Å²) in [5.74, 6) is 0.0918. The molecule has 0 N–H and O–H groups in total. The van der Waals surface area contributed by atoms with Crippen LogP contribution in [-0.2, 0) is 11.3 Å². The van der Waals surface area contributed by atoms with E-state index in [0.717, 1.165) is 12.0 Å². The fourth-order valence-corrected chi connectivity index (χ4v) is 1.98. The average Bonchev–Trinajstić information content (AvgIpc) is 2.90. The molecule has 0 radical (unpaired) electrons. The number of rotatable bonds is 6. The number of hydrogen-bond acceptors (Lipinski definition) is 5. The maximum atomic E-state index is 12.0. The highest BCUT2D eigenvalue weighted by Crippen LogP contribution is 2.22. The summed E-state index contributed by atoms with van der Waals surface area (Å²) in [4.78, 5) is 16.1. The normalized spacial score (nSPS) is 10.9. The van der Waals surface area contributed by atoms with Crippen LogP contribution in [0.4, 0.5) is 0 Å². The van der Waals surface area contributed by atoms with E-state index >= 15 is 0 Å². The van der Waals surface area contributed by atoms with Crippen molar-refractivity contribution in [2.24, 2.45) is 5.92 Å². The van der Waals surface area contributed by atoms with Crippen molar-refractivity contribution in [1.29, 1.82) is 0 Å². The molecule has 0 unspecified atom stereocenters. The minimum Gasteiger partial charge on any atom is -0.461 e. The van der Waals surface area contributed by atoms with Crippen molar-refractivity contribution < 1.29 is 9.53 Å². The minimum absolute atomic E-state index is 0.244. The Labute approximate surface area is 124 Å². The molecule has 0 fully saturated rings. The number of aromatic nitrogens is 4. The third kappa shape index (κ3) is 3.65. The monoisotopic (exact) mass is 288 g/mol. The van der Waals surface area contributed by atoms with Gasteiger partial charge in [-0.15, -0.1) is 5.10 Å². The van der Waals surface area contributed by atoms with Gasteiger partial charge in [0, 0.05) is 24.5 Å². The third-order valence-electron chi connectivity index (χ3n) is 3.06. The summed E-state index contributed by atoms with van der Waals surface area (Å²) >= 11 is 0. The molecule has 0 spiro atoms. The van der Waals surface area contributed by atoms with Crippen LogP contribution in [0.3, 0.4) is 0 Å². The van der Waals surface area contributed by atoms with Crippen molar-refractivity contribution in [3.63, 3.8) is 0 Å². The van der Waals surface area contributed by atoms with Gasteiger partial charge >= 0.3 is 5.97 Å². The van der Waals surface area contributed by atoms with Gasteiger partial charge < -0.3 is 4.74 Å². The van der Waals surface area contributed by atoms with Gasteiger partial charge in [0.2, 0.25) is 0 Å². The zero-order valence-electron chi connectivity index (χ0n) is 12.6. The van der Waals surface area contributed by atoms with Gasteiger partial charge in [0.1, 0.15) is 5.69 Å². The second kappa shape index (κ2) is 6.97.